The molecule has 0 bridgehead atoms. The van der Waals surface area contributed by atoms with Crippen molar-refractivity contribution < 1.29 is 0 Å². The first kappa shape index (κ1) is 11.9. The Labute approximate surface area is 118 Å². The second kappa shape index (κ2) is 4.61. The van der Waals surface area contributed by atoms with Gasteiger partial charge in [-0.25, -0.2) is 0 Å². The van der Waals surface area contributed by atoms with Crippen molar-refractivity contribution >= 4 is 17.4 Å². The van der Waals surface area contributed by atoms with Gasteiger partial charge in [-0.2, -0.15) is 4.52 Å². The fourth-order valence-corrected chi connectivity index (χ4v) is 3.49. The van der Waals surface area contributed by atoms with Crippen LogP contribution in [0.1, 0.15) is 43.2 Å². The van der Waals surface area contributed by atoms with Crippen LogP contribution in [0, 0.1) is 0 Å². The molecule has 0 saturated carbocycles. The summed E-state index contributed by atoms with van der Waals surface area (Å²) in [6.07, 6.45) is 8.49. The minimum Gasteiger partial charge on any atom is -0.366 e. The molecule has 0 aromatic carbocycles. The molecule has 2 N–H and O–H groups in total. The average Bonchev–Trinajstić information content (AvgIpc) is 2.89. The van der Waals surface area contributed by atoms with Gasteiger partial charge in [0.2, 0.25) is 5.95 Å². The van der Waals surface area contributed by atoms with E-state index in [0.29, 0.717) is 5.95 Å². The smallest absolute Gasteiger partial charge is 0.243 e. The molecule has 0 unspecified atom stereocenters. The van der Waals surface area contributed by atoms with Crippen molar-refractivity contribution in [3.05, 3.63) is 11.1 Å². The van der Waals surface area contributed by atoms with E-state index in [1.54, 1.807) is 4.52 Å². The molecule has 106 valence electrons. The van der Waals surface area contributed by atoms with Crippen LogP contribution in [0.15, 0.2) is 0 Å². The third-order valence-electron chi connectivity index (χ3n) is 4.52. The van der Waals surface area contributed by atoms with E-state index in [9.17, 15) is 0 Å². The van der Waals surface area contributed by atoms with Crippen LogP contribution in [0.25, 0.3) is 5.65 Å². The molecule has 0 amide bonds. The van der Waals surface area contributed by atoms with E-state index >= 15 is 0 Å². The normalized spacial score (nSPS) is 19.3. The molecule has 0 spiro atoms. The molecule has 1 aliphatic carbocycles. The monoisotopic (exact) mass is 272 g/mol. The summed E-state index contributed by atoms with van der Waals surface area (Å²) in [6, 6.07) is 0. The van der Waals surface area contributed by atoms with Gasteiger partial charge in [0.05, 0.1) is 0 Å². The third-order valence-corrected chi connectivity index (χ3v) is 4.52. The predicted octanol–water partition coefficient (Wildman–Crippen LogP) is 1.58. The van der Waals surface area contributed by atoms with Gasteiger partial charge < -0.3 is 10.6 Å². The maximum Gasteiger partial charge on any atom is 0.243 e. The molecule has 2 aromatic rings. The zero-order chi connectivity index (χ0) is 13.5. The van der Waals surface area contributed by atoms with Crippen LogP contribution >= 0.6 is 0 Å². The zero-order valence-corrected chi connectivity index (χ0v) is 11.7. The van der Waals surface area contributed by atoms with Gasteiger partial charge in [0.1, 0.15) is 0 Å². The van der Waals surface area contributed by atoms with Crippen molar-refractivity contribution in [2.45, 2.75) is 44.9 Å². The second-order valence-corrected chi connectivity index (χ2v) is 5.83. The number of nitrogens with two attached hydrogens (primary N) is 1. The Morgan fingerprint density at radius 3 is 2.40 bits per heavy atom. The molecule has 1 fully saturated rings. The first-order valence-electron chi connectivity index (χ1n) is 7.62. The minimum absolute atomic E-state index is 0.395. The van der Waals surface area contributed by atoms with Gasteiger partial charge in [-0.1, -0.05) is 0 Å². The maximum absolute atomic E-state index is 5.92. The van der Waals surface area contributed by atoms with Crippen molar-refractivity contribution in [1.29, 1.82) is 0 Å². The van der Waals surface area contributed by atoms with Gasteiger partial charge in [0.15, 0.2) is 11.5 Å². The number of rotatable bonds is 1. The highest BCUT2D eigenvalue weighted by Crippen LogP contribution is 2.32. The molecule has 6 heteroatoms. The van der Waals surface area contributed by atoms with Gasteiger partial charge in [-0.15, -0.1) is 15.3 Å². The predicted molar refractivity (Wildman–Crippen MR) is 77.9 cm³/mol. The van der Waals surface area contributed by atoms with Crippen molar-refractivity contribution in [3.63, 3.8) is 0 Å². The lowest BCUT2D eigenvalue weighted by Crippen LogP contribution is -2.32. The van der Waals surface area contributed by atoms with E-state index in [1.165, 1.54) is 43.2 Å². The molecular weight excluding hydrogens is 252 g/mol. The standard InChI is InChI=1S/C14H20N6/c15-14-17-16-12-10-6-2-3-7-11(10)13(18-20(12)14)19-8-4-1-5-9-19/h1-9H2,(H2,15,17). The van der Waals surface area contributed by atoms with Crippen molar-refractivity contribution in [2.24, 2.45) is 0 Å². The van der Waals surface area contributed by atoms with Crippen LogP contribution in [-0.4, -0.2) is 32.9 Å². The number of hydrogen-bond donors (Lipinski definition) is 1. The first-order chi connectivity index (χ1) is 9.84. The summed E-state index contributed by atoms with van der Waals surface area (Å²) in [5, 5.41) is 13.0. The number of fused-ring (bicyclic) bond motifs is 3. The number of aryl methyl sites for hydroxylation is 1. The van der Waals surface area contributed by atoms with Crippen LogP contribution < -0.4 is 10.6 Å². The van der Waals surface area contributed by atoms with Gasteiger partial charge in [-0.3, -0.25) is 0 Å². The average molecular weight is 272 g/mol. The van der Waals surface area contributed by atoms with Gasteiger partial charge >= 0.3 is 0 Å². The highest BCUT2D eigenvalue weighted by molar-refractivity contribution is 5.62. The lowest BCUT2D eigenvalue weighted by Gasteiger charge is -2.31. The van der Waals surface area contributed by atoms with Crippen LogP contribution in [0.3, 0.4) is 0 Å². The molecule has 0 radical (unpaired) electrons. The summed E-state index contributed by atoms with van der Waals surface area (Å²) in [4.78, 5) is 2.42. The number of anilines is 2. The molecule has 3 heterocycles. The number of nitrogen functional groups attached to an aromatic ring is 1. The number of piperidine rings is 1. The van der Waals surface area contributed by atoms with E-state index in [2.05, 4.69) is 15.1 Å². The van der Waals surface area contributed by atoms with Crippen LogP contribution in [-0.2, 0) is 12.8 Å². The Balaban J connectivity index is 1.91. The zero-order valence-electron chi connectivity index (χ0n) is 11.7. The van der Waals surface area contributed by atoms with E-state index in [-0.39, 0.29) is 0 Å². The summed E-state index contributed by atoms with van der Waals surface area (Å²) in [6.45, 7) is 2.21. The Morgan fingerprint density at radius 1 is 0.850 bits per heavy atom. The highest BCUT2D eigenvalue weighted by Gasteiger charge is 2.25. The molecule has 2 aromatic heterocycles. The Morgan fingerprint density at radius 2 is 1.60 bits per heavy atom. The Bertz CT molecular complexity index is 641. The molecular formula is C14H20N6. The van der Waals surface area contributed by atoms with Crippen LogP contribution in [0.4, 0.5) is 11.8 Å². The Kier molecular flexibility index (Phi) is 2.75. The summed E-state index contributed by atoms with van der Waals surface area (Å²) in [7, 11) is 0. The number of aromatic nitrogens is 4. The van der Waals surface area contributed by atoms with Crippen molar-refractivity contribution in [1.82, 2.24) is 19.8 Å². The quantitative estimate of drug-likeness (QED) is 0.853. The van der Waals surface area contributed by atoms with E-state index in [1.807, 2.05) is 0 Å². The lowest BCUT2D eigenvalue weighted by atomic mass is 9.92. The van der Waals surface area contributed by atoms with E-state index < -0.39 is 0 Å². The second-order valence-electron chi connectivity index (χ2n) is 5.83. The van der Waals surface area contributed by atoms with Gasteiger partial charge in [-0.05, 0) is 44.9 Å². The van der Waals surface area contributed by atoms with E-state index in [4.69, 9.17) is 10.8 Å². The molecule has 6 nitrogen and oxygen atoms in total. The number of nitrogens with zero attached hydrogens (tertiary/aromatic N) is 5. The lowest BCUT2D eigenvalue weighted by molar-refractivity contribution is 0.563. The van der Waals surface area contributed by atoms with Gasteiger partial charge in [0.25, 0.3) is 0 Å². The molecule has 1 saturated heterocycles. The highest BCUT2D eigenvalue weighted by atomic mass is 15.4. The number of hydrogen-bond acceptors (Lipinski definition) is 5. The Hall–Kier alpha value is -1.85. The maximum atomic E-state index is 5.92. The summed E-state index contributed by atoms with van der Waals surface area (Å²) in [5.74, 6) is 1.52. The minimum atomic E-state index is 0.395. The summed E-state index contributed by atoms with van der Waals surface area (Å²) >= 11 is 0. The molecule has 2 aliphatic rings. The van der Waals surface area contributed by atoms with Crippen LogP contribution in [0.2, 0.25) is 0 Å². The van der Waals surface area contributed by atoms with E-state index in [0.717, 1.165) is 37.4 Å². The topological polar surface area (TPSA) is 72.3 Å². The fourth-order valence-electron chi connectivity index (χ4n) is 3.49. The molecule has 20 heavy (non-hydrogen) atoms. The molecule has 4 rings (SSSR count). The summed E-state index contributed by atoms with van der Waals surface area (Å²) < 4.78 is 1.73. The SMILES string of the molecule is Nc1nnc2c3c(c(N4CCCCC4)nn12)CCCC3. The van der Waals surface area contributed by atoms with Crippen molar-refractivity contribution in [3.8, 4) is 0 Å². The third kappa shape index (κ3) is 1.74. The summed E-state index contributed by atoms with van der Waals surface area (Å²) in [5.41, 5.74) is 9.48. The fraction of sp³-hybridized carbons (Fsp3) is 0.643. The largest absolute Gasteiger partial charge is 0.366 e. The van der Waals surface area contributed by atoms with Crippen LogP contribution in [0.5, 0.6) is 0 Å². The first-order valence-corrected chi connectivity index (χ1v) is 7.62. The molecule has 0 atom stereocenters. The molecule has 1 aliphatic heterocycles. The van der Waals surface area contributed by atoms with Gasteiger partial charge in [0, 0.05) is 24.2 Å². The van der Waals surface area contributed by atoms with Crippen molar-refractivity contribution in [2.75, 3.05) is 23.7 Å².